The van der Waals surface area contributed by atoms with Crippen molar-refractivity contribution < 1.29 is 14.3 Å². The van der Waals surface area contributed by atoms with Crippen LogP contribution >= 0.6 is 11.3 Å². The molecule has 0 aliphatic carbocycles. The molecule has 1 amide bonds. The van der Waals surface area contributed by atoms with Crippen molar-refractivity contribution in [3.8, 4) is 5.75 Å². The van der Waals surface area contributed by atoms with Crippen LogP contribution in [0.15, 0.2) is 53.6 Å². The van der Waals surface area contributed by atoms with Crippen molar-refractivity contribution in [1.29, 1.82) is 0 Å². The molecule has 150 valence electrons. The number of morpholine rings is 1. The molecule has 1 aromatic carbocycles. The zero-order chi connectivity index (χ0) is 19.8. The second-order valence-corrected chi connectivity index (χ2v) is 7.58. The highest BCUT2D eigenvalue weighted by Crippen LogP contribution is 2.25. The Labute approximate surface area is 170 Å². The summed E-state index contributed by atoms with van der Waals surface area (Å²) in [6.45, 7) is 6.04. The molecule has 1 unspecified atom stereocenters. The summed E-state index contributed by atoms with van der Waals surface area (Å²) in [5.41, 5.74) is 1.57. The number of hydrogen-bond donors (Lipinski definition) is 2. The van der Waals surface area contributed by atoms with E-state index in [-0.39, 0.29) is 11.9 Å². The fraction of sp³-hybridized carbons (Fsp3) is 0.381. The molecule has 3 rings (SSSR count). The number of anilines is 1. The average molecular weight is 402 g/mol. The molecule has 1 aliphatic rings. The van der Waals surface area contributed by atoms with Crippen LogP contribution in [0.2, 0.25) is 0 Å². The van der Waals surface area contributed by atoms with Crippen molar-refractivity contribution in [3.63, 3.8) is 0 Å². The minimum absolute atomic E-state index is 0.158. The molecule has 2 heterocycles. The van der Waals surface area contributed by atoms with Crippen LogP contribution < -0.4 is 15.4 Å². The highest BCUT2D eigenvalue weighted by atomic mass is 32.1. The largest absolute Gasteiger partial charge is 0.497 e. The Morgan fingerprint density at radius 1 is 1.29 bits per heavy atom. The van der Waals surface area contributed by atoms with Crippen LogP contribution in [0, 0.1) is 0 Å². The number of carbonyl (C=O) groups excluding carboxylic acids is 1. The highest BCUT2D eigenvalue weighted by molar-refractivity contribution is 7.10. The third-order valence-electron chi connectivity index (χ3n) is 4.64. The van der Waals surface area contributed by atoms with Gasteiger partial charge >= 0.3 is 0 Å². The quantitative estimate of drug-likeness (QED) is 0.665. The number of ether oxygens (including phenoxy) is 2. The van der Waals surface area contributed by atoms with Crippen molar-refractivity contribution in [2.75, 3.05) is 45.3 Å². The summed E-state index contributed by atoms with van der Waals surface area (Å²) in [4.78, 5) is 16.0. The Bertz CT molecular complexity index is 769. The van der Waals surface area contributed by atoms with Gasteiger partial charge in [-0.25, -0.2) is 0 Å². The van der Waals surface area contributed by atoms with Crippen molar-refractivity contribution in [2.45, 2.75) is 13.0 Å². The zero-order valence-electron chi connectivity index (χ0n) is 16.3. The lowest BCUT2D eigenvalue weighted by atomic mass is 10.2. The van der Waals surface area contributed by atoms with Gasteiger partial charge in [0.15, 0.2) is 0 Å². The molecule has 28 heavy (non-hydrogen) atoms. The molecule has 0 bridgehead atoms. The van der Waals surface area contributed by atoms with E-state index in [0.717, 1.165) is 50.0 Å². The van der Waals surface area contributed by atoms with Gasteiger partial charge in [-0.05, 0) is 42.6 Å². The van der Waals surface area contributed by atoms with Gasteiger partial charge in [0.2, 0.25) is 5.91 Å². The third-order valence-corrected chi connectivity index (χ3v) is 5.61. The maximum Gasteiger partial charge on any atom is 0.250 e. The van der Waals surface area contributed by atoms with Crippen molar-refractivity contribution in [2.24, 2.45) is 0 Å². The molecule has 0 radical (unpaired) electrons. The number of nitrogens with zero attached hydrogens (tertiary/aromatic N) is 1. The van der Waals surface area contributed by atoms with Gasteiger partial charge in [-0.2, -0.15) is 0 Å². The number of amides is 1. The van der Waals surface area contributed by atoms with Gasteiger partial charge in [-0.15, -0.1) is 11.3 Å². The van der Waals surface area contributed by atoms with E-state index in [2.05, 4.69) is 33.0 Å². The maximum atomic E-state index is 12.3. The summed E-state index contributed by atoms with van der Waals surface area (Å²) in [5.74, 6) is 0.600. The molecular weight excluding hydrogens is 374 g/mol. The number of benzene rings is 1. The van der Waals surface area contributed by atoms with Gasteiger partial charge in [-0.1, -0.05) is 6.07 Å². The summed E-state index contributed by atoms with van der Waals surface area (Å²) >= 11 is 1.76. The number of allylic oxidation sites excluding steroid dienone is 1. The molecule has 0 spiro atoms. The average Bonchev–Trinajstić information content (AvgIpc) is 3.24. The predicted octanol–water partition coefficient (Wildman–Crippen LogP) is 3.26. The van der Waals surface area contributed by atoms with Crippen LogP contribution in [0.4, 0.5) is 5.69 Å². The fourth-order valence-corrected chi connectivity index (χ4v) is 4.00. The number of nitrogens with one attached hydrogen (secondary N) is 2. The van der Waals surface area contributed by atoms with Gasteiger partial charge in [-0.3, -0.25) is 9.69 Å². The summed E-state index contributed by atoms with van der Waals surface area (Å²) in [5, 5.41) is 8.38. The van der Waals surface area contributed by atoms with E-state index in [0.29, 0.717) is 0 Å². The maximum absolute atomic E-state index is 12.3. The van der Waals surface area contributed by atoms with Crippen LogP contribution in [0.5, 0.6) is 5.75 Å². The molecule has 1 aliphatic heterocycles. The zero-order valence-corrected chi connectivity index (χ0v) is 17.1. The minimum Gasteiger partial charge on any atom is -0.497 e. The Morgan fingerprint density at radius 2 is 2.04 bits per heavy atom. The Morgan fingerprint density at radius 3 is 2.68 bits per heavy atom. The van der Waals surface area contributed by atoms with Gasteiger partial charge in [0.05, 0.1) is 26.4 Å². The minimum atomic E-state index is -0.158. The number of thiophene rings is 1. The normalized spacial score (nSPS) is 16.4. The van der Waals surface area contributed by atoms with Crippen molar-refractivity contribution >= 4 is 22.9 Å². The van der Waals surface area contributed by atoms with E-state index < -0.39 is 0 Å². The lowest BCUT2D eigenvalue weighted by Crippen LogP contribution is -2.42. The first kappa shape index (κ1) is 20.4. The predicted molar refractivity (Wildman–Crippen MR) is 113 cm³/mol. The van der Waals surface area contributed by atoms with Crippen molar-refractivity contribution in [3.05, 3.63) is 58.4 Å². The van der Waals surface area contributed by atoms with E-state index in [1.165, 1.54) is 4.88 Å². The summed E-state index contributed by atoms with van der Waals surface area (Å²) in [7, 11) is 1.62. The van der Waals surface area contributed by atoms with E-state index in [1.807, 2.05) is 31.2 Å². The molecule has 0 saturated carbocycles. The first-order valence-electron chi connectivity index (χ1n) is 9.38. The number of hydrogen-bond acceptors (Lipinski definition) is 6. The first-order chi connectivity index (χ1) is 13.7. The van der Waals surface area contributed by atoms with E-state index in [9.17, 15) is 4.79 Å². The molecule has 1 fully saturated rings. The van der Waals surface area contributed by atoms with Crippen LogP contribution in [0.1, 0.15) is 17.8 Å². The third kappa shape index (κ3) is 5.82. The summed E-state index contributed by atoms with van der Waals surface area (Å²) in [6, 6.07) is 11.8. The molecule has 2 aromatic rings. The molecule has 1 atom stereocenters. The number of methoxy groups -OCH3 is 1. The van der Waals surface area contributed by atoms with E-state index >= 15 is 0 Å². The molecule has 1 aromatic heterocycles. The molecule has 2 N–H and O–H groups in total. The Balaban J connectivity index is 1.56. The highest BCUT2D eigenvalue weighted by Gasteiger charge is 2.23. The Hall–Kier alpha value is -2.35. The lowest BCUT2D eigenvalue weighted by Gasteiger charge is -2.34. The van der Waals surface area contributed by atoms with Crippen LogP contribution in [-0.4, -0.2) is 50.8 Å². The van der Waals surface area contributed by atoms with Gasteiger partial charge < -0.3 is 20.1 Å². The standard InChI is InChI=1S/C21H27N3O3S/c1-16(14-21(25)23-17-5-7-18(26-2)8-6-17)22-15-19(20-4-3-13-28-20)24-9-11-27-12-10-24/h3-8,13-14,19,22H,9-12,15H2,1-2H3,(H,23,25). The van der Waals surface area contributed by atoms with Gasteiger partial charge in [0, 0.05) is 42.0 Å². The van der Waals surface area contributed by atoms with E-state index in [4.69, 9.17) is 9.47 Å². The second kappa shape index (κ2) is 10.3. The SMILES string of the molecule is COc1ccc(NC(=O)C=C(C)NCC(c2cccs2)N2CCOCC2)cc1. The summed E-state index contributed by atoms with van der Waals surface area (Å²) < 4.78 is 10.6. The molecular formula is C21H27N3O3S. The number of carbonyl (C=O) groups is 1. The topological polar surface area (TPSA) is 62.8 Å². The van der Waals surface area contributed by atoms with E-state index in [1.54, 1.807) is 24.5 Å². The molecule has 1 saturated heterocycles. The van der Waals surface area contributed by atoms with Crippen molar-refractivity contribution in [1.82, 2.24) is 10.2 Å². The van der Waals surface area contributed by atoms with Gasteiger partial charge in [0.25, 0.3) is 0 Å². The number of rotatable bonds is 8. The monoisotopic (exact) mass is 401 g/mol. The van der Waals surface area contributed by atoms with Gasteiger partial charge in [0.1, 0.15) is 5.75 Å². The first-order valence-corrected chi connectivity index (χ1v) is 10.3. The summed E-state index contributed by atoms with van der Waals surface area (Å²) in [6.07, 6.45) is 1.59. The second-order valence-electron chi connectivity index (χ2n) is 6.61. The molecule has 6 nitrogen and oxygen atoms in total. The molecule has 7 heteroatoms. The Kier molecular flexibility index (Phi) is 7.47. The fourth-order valence-electron chi connectivity index (χ4n) is 3.14. The van der Waals surface area contributed by atoms with Crippen LogP contribution in [0.25, 0.3) is 0 Å². The smallest absolute Gasteiger partial charge is 0.250 e. The lowest BCUT2D eigenvalue weighted by molar-refractivity contribution is -0.112. The van der Waals surface area contributed by atoms with Crippen LogP contribution in [-0.2, 0) is 9.53 Å². The van der Waals surface area contributed by atoms with Crippen LogP contribution in [0.3, 0.4) is 0 Å².